The third-order valence-corrected chi connectivity index (χ3v) is 3.96. The van der Waals surface area contributed by atoms with Crippen molar-refractivity contribution in [2.24, 2.45) is 0 Å². The number of H-pyrrole nitrogens is 1. The lowest BCUT2D eigenvalue weighted by atomic mass is 10.2. The van der Waals surface area contributed by atoms with Crippen LogP contribution in [0.3, 0.4) is 0 Å². The van der Waals surface area contributed by atoms with Crippen LogP contribution in [0.1, 0.15) is 16.1 Å². The first-order valence-corrected chi connectivity index (χ1v) is 6.90. The first-order valence-electron chi connectivity index (χ1n) is 5.41. The predicted octanol–water partition coefficient (Wildman–Crippen LogP) is -0.112. The first-order chi connectivity index (χ1) is 8.06. The van der Waals surface area contributed by atoms with E-state index in [9.17, 15) is 13.8 Å². The molecule has 2 rings (SSSR count). The maximum absolute atomic E-state index is 12.1. The predicted molar refractivity (Wildman–Crippen MR) is 65.6 cm³/mol. The minimum atomic E-state index is -0.808. The number of amides is 1. The highest BCUT2D eigenvalue weighted by Crippen LogP contribution is 2.06. The van der Waals surface area contributed by atoms with Crippen molar-refractivity contribution in [2.75, 3.05) is 24.6 Å². The minimum absolute atomic E-state index is 0.192. The van der Waals surface area contributed by atoms with Gasteiger partial charge in [-0.15, -0.1) is 0 Å². The lowest BCUT2D eigenvalue weighted by Crippen LogP contribution is -2.42. The van der Waals surface area contributed by atoms with Gasteiger partial charge < -0.3 is 9.88 Å². The summed E-state index contributed by atoms with van der Waals surface area (Å²) in [5.41, 5.74) is 0.800. The quantitative estimate of drug-likeness (QED) is 0.760. The maximum Gasteiger partial charge on any atom is 0.270 e. The summed E-state index contributed by atoms with van der Waals surface area (Å²) in [5.74, 6) is 0.839. The molecule has 1 aromatic rings. The topological polar surface area (TPSA) is 70.2 Å². The lowest BCUT2D eigenvalue weighted by Gasteiger charge is -2.26. The molecule has 0 aromatic carbocycles. The number of hydrogen-bond donors (Lipinski definition) is 1. The van der Waals surface area contributed by atoms with Gasteiger partial charge in [-0.3, -0.25) is 13.8 Å². The molecule has 0 atom stereocenters. The van der Waals surface area contributed by atoms with Crippen molar-refractivity contribution in [3.8, 4) is 0 Å². The van der Waals surface area contributed by atoms with Crippen LogP contribution in [0.4, 0.5) is 0 Å². The van der Waals surface area contributed by atoms with Crippen LogP contribution < -0.4 is 5.56 Å². The molecule has 1 aromatic heterocycles. The third-order valence-electron chi connectivity index (χ3n) is 2.68. The number of nitrogens with one attached hydrogen (secondary N) is 1. The number of pyridine rings is 1. The summed E-state index contributed by atoms with van der Waals surface area (Å²) in [5, 5.41) is 0. The Morgan fingerprint density at radius 2 is 2.00 bits per heavy atom. The first kappa shape index (κ1) is 12.0. The van der Waals surface area contributed by atoms with E-state index in [0.717, 1.165) is 5.56 Å². The van der Waals surface area contributed by atoms with E-state index < -0.39 is 10.8 Å². The van der Waals surface area contributed by atoms with E-state index in [2.05, 4.69) is 4.98 Å². The Hall–Kier alpha value is -1.43. The van der Waals surface area contributed by atoms with Crippen LogP contribution in [0.15, 0.2) is 16.9 Å². The average Bonchev–Trinajstić information content (AvgIpc) is 2.28. The van der Waals surface area contributed by atoms with E-state index in [4.69, 9.17) is 0 Å². The molecule has 6 heteroatoms. The van der Waals surface area contributed by atoms with E-state index in [1.165, 1.54) is 6.07 Å². The van der Waals surface area contributed by atoms with Crippen LogP contribution in [-0.2, 0) is 10.8 Å². The normalized spacial score (nSPS) is 17.1. The Bertz CT molecular complexity index is 514. The van der Waals surface area contributed by atoms with E-state index in [1.807, 2.05) is 0 Å². The van der Waals surface area contributed by atoms with Gasteiger partial charge in [-0.25, -0.2) is 0 Å². The van der Waals surface area contributed by atoms with Crippen LogP contribution >= 0.6 is 0 Å². The summed E-state index contributed by atoms with van der Waals surface area (Å²) in [6.45, 7) is 2.75. The van der Waals surface area contributed by atoms with E-state index in [-0.39, 0.29) is 11.5 Å². The Morgan fingerprint density at radius 1 is 1.35 bits per heavy atom. The smallest absolute Gasteiger partial charge is 0.270 e. The highest BCUT2D eigenvalue weighted by Gasteiger charge is 2.21. The largest absolute Gasteiger partial charge is 0.336 e. The van der Waals surface area contributed by atoms with Crippen molar-refractivity contribution >= 4 is 16.7 Å². The number of carbonyl (C=O) groups is 1. The molecular weight excluding hydrogens is 240 g/mol. The Labute approximate surface area is 101 Å². The zero-order valence-electron chi connectivity index (χ0n) is 9.56. The van der Waals surface area contributed by atoms with Crippen molar-refractivity contribution in [3.05, 3.63) is 33.7 Å². The van der Waals surface area contributed by atoms with Gasteiger partial charge in [0.1, 0.15) is 5.69 Å². The van der Waals surface area contributed by atoms with Gasteiger partial charge in [0.15, 0.2) is 0 Å². The standard InChI is InChI=1S/C11H14N2O3S/c1-8-6-9(12-10(14)7-8)11(15)13-2-4-17(16)5-3-13/h6-7H,2-5H2,1H3,(H,12,14). The average molecular weight is 254 g/mol. The fourth-order valence-electron chi connectivity index (χ4n) is 1.81. The van der Waals surface area contributed by atoms with Gasteiger partial charge in [0.2, 0.25) is 5.56 Å². The molecule has 1 aliphatic rings. The summed E-state index contributed by atoms with van der Waals surface area (Å²) >= 11 is 0. The van der Waals surface area contributed by atoms with Gasteiger partial charge in [-0.2, -0.15) is 0 Å². The number of aromatic amines is 1. The Balaban J connectivity index is 2.19. The summed E-state index contributed by atoms with van der Waals surface area (Å²) in [6.07, 6.45) is 0. The monoisotopic (exact) mass is 254 g/mol. The van der Waals surface area contributed by atoms with Crippen molar-refractivity contribution in [3.63, 3.8) is 0 Å². The van der Waals surface area contributed by atoms with Gasteiger partial charge in [0, 0.05) is 41.5 Å². The van der Waals surface area contributed by atoms with Gasteiger partial charge in [0.25, 0.3) is 5.91 Å². The molecule has 0 aliphatic carbocycles. The minimum Gasteiger partial charge on any atom is -0.336 e. The SMILES string of the molecule is Cc1cc(C(=O)N2CCS(=O)CC2)[nH]c(=O)c1. The zero-order valence-corrected chi connectivity index (χ0v) is 10.4. The molecule has 0 spiro atoms. The second-order valence-electron chi connectivity index (χ2n) is 4.08. The Morgan fingerprint density at radius 3 is 2.59 bits per heavy atom. The number of aryl methyl sites for hydroxylation is 1. The summed E-state index contributed by atoms with van der Waals surface area (Å²) < 4.78 is 11.2. The molecule has 0 unspecified atom stereocenters. The molecule has 0 saturated carbocycles. The highest BCUT2D eigenvalue weighted by atomic mass is 32.2. The molecular formula is C11H14N2O3S. The van der Waals surface area contributed by atoms with Crippen LogP contribution in [0, 0.1) is 6.92 Å². The number of nitrogens with zero attached hydrogens (tertiary/aromatic N) is 1. The fourth-order valence-corrected chi connectivity index (χ4v) is 2.86. The van der Waals surface area contributed by atoms with Gasteiger partial charge >= 0.3 is 0 Å². The van der Waals surface area contributed by atoms with Crippen LogP contribution in [0.25, 0.3) is 0 Å². The molecule has 1 saturated heterocycles. The second kappa shape index (κ2) is 4.83. The molecule has 92 valence electrons. The van der Waals surface area contributed by atoms with Gasteiger partial charge in [0.05, 0.1) is 0 Å². The van der Waals surface area contributed by atoms with Crippen molar-refractivity contribution in [1.82, 2.24) is 9.88 Å². The van der Waals surface area contributed by atoms with E-state index >= 15 is 0 Å². The van der Waals surface area contributed by atoms with E-state index in [1.54, 1.807) is 17.9 Å². The molecule has 0 radical (unpaired) electrons. The second-order valence-corrected chi connectivity index (χ2v) is 5.77. The highest BCUT2D eigenvalue weighted by molar-refractivity contribution is 7.85. The molecule has 5 nitrogen and oxygen atoms in total. The molecule has 1 fully saturated rings. The summed E-state index contributed by atoms with van der Waals surface area (Å²) in [6, 6.07) is 3.11. The van der Waals surface area contributed by atoms with E-state index in [0.29, 0.717) is 30.3 Å². The van der Waals surface area contributed by atoms with Gasteiger partial charge in [-0.05, 0) is 18.6 Å². The van der Waals surface area contributed by atoms with Crippen LogP contribution in [0.2, 0.25) is 0 Å². The van der Waals surface area contributed by atoms with Crippen molar-refractivity contribution in [1.29, 1.82) is 0 Å². The third kappa shape index (κ3) is 2.82. The van der Waals surface area contributed by atoms with Crippen molar-refractivity contribution in [2.45, 2.75) is 6.92 Å². The van der Waals surface area contributed by atoms with Crippen LogP contribution in [-0.4, -0.2) is 44.6 Å². The molecule has 17 heavy (non-hydrogen) atoms. The summed E-state index contributed by atoms with van der Waals surface area (Å²) in [4.78, 5) is 27.5. The maximum atomic E-state index is 12.1. The molecule has 1 aliphatic heterocycles. The fraction of sp³-hybridized carbons (Fsp3) is 0.455. The Kier molecular flexibility index (Phi) is 3.42. The zero-order chi connectivity index (χ0) is 12.4. The van der Waals surface area contributed by atoms with Crippen molar-refractivity contribution < 1.29 is 9.00 Å². The number of rotatable bonds is 1. The van der Waals surface area contributed by atoms with Gasteiger partial charge in [-0.1, -0.05) is 0 Å². The molecule has 2 heterocycles. The number of hydrogen-bond acceptors (Lipinski definition) is 3. The lowest BCUT2D eigenvalue weighted by molar-refractivity contribution is 0.0765. The number of carbonyl (C=O) groups excluding carboxylic acids is 1. The molecule has 0 bridgehead atoms. The number of aromatic nitrogens is 1. The van der Waals surface area contributed by atoms with Crippen LogP contribution in [0.5, 0.6) is 0 Å². The summed E-state index contributed by atoms with van der Waals surface area (Å²) in [7, 11) is -0.808. The molecule has 1 N–H and O–H groups in total. The molecule has 1 amide bonds.